The first-order valence-electron chi connectivity index (χ1n) is 9.40. The third-order valence-corrected chi connectivity index (χ3v) is 6.26. The van der Waals surface area contributed by atoms with Gasteiger partial charge in [-0.15, -0.1) is 0 Å². The van der Waals surface area contributed by atoms with E-state index in [1.165, 1.54) is 42.1 Å². The van der Waals surface area contributed by atoms with Gasteiger partial charge in [-0.25, -0.2) is 14.4 Å². The molecule has 31 heavy (non-hydrogen) atoms. The second kappa shape index (κ2) is 8.39. The number of carbonyl (C=O) groups excluding carboxylic acids is 1. The van der Waals surface area contributed by atoms with Crippen LogP contribution in [0, 0.1) is 11.7 Å². The summed E-state index contributed by atoms with van der Waals surface area (Å²) < 4.78 is 49.4. The van der Waals surface area contributed by atoms with Gasteiger partial charge in [0, 0.05) is 22.9 Å². The number of hydrogen-bond donors (Lipinski definition) is 2. The highest BCUT2D eigenvalue weighted by atomic mass is 32.2. The summed E-state index contributed by atoms with van der Waals surface area (Å²) in [7, 11) is 0. The van der Waals surface area contributed by atoms with Crippen molar-refractivity contribution in [3.63, 3.8) is 0 Å². The number of alkyl halides is 2. The number of fused-ring (bicyclic) bond motifs is 1. The van der Waals surface area contributed by atoms with Crippen LogP contribution in [0.3, 0.4) is 0 Å². The number of benzene rings is 1. The molecule has 2 aliphatic heterocycles. The average Bonchev–Trinajstić information content (AvgIpc) is 3.06. The first kappa shape index (κ1) is 21.4. The lowest BCUT2D eigenvalue weighted by Gasteiger charge is -2.35. The first-order chi connectivity index (χ1) is 14.8. The minimum absolute atomic E-state index is 0.0160. The summed E-state index contributed by atoms with van der Waals surface area (Å²) in [6.45, 7) is -0.887. The third-order valence-electron chi connectivity index (χ3n) is 5.35. The van der Waals surface area contributed by atoms with E-state index in [0.29, 0.717) is 16.6 Å². The van der Waals surface area contributed by atoms with Crippen molar-refractivity contribution in [2.24, 2.45) is 16.6 Å². The Morgan fingerprint density at radius 3 is 2.90 bits per heavy atom. The number of ether oxygens (including phenoxy) is 2. The van der Waals surface area contributed by atoms with Crippen molar-refractivity contribution in [3.8, 4) is 5.75 Å². The van der Waals surface area contributed by atoms with E-state index in [-0.39, 0.29) is 35.6 Å². The number of aromatic nitrogens is 1. The van der Waals surface area contributed by atoms with E-state index >= 15 is 0 Å². The molecule has 0 spiro atoms. The molecule has 11 heteroatoms. The molecular weight excluding hydrogens is 433 g/mol. The number of pyridine rings is 1. The molecule has 4 rings (SSSR count). The maximum atomic E-state index is 14.9. The highest BCUT2D eigenvalue weighted by molar-refractivity contribution is 8.13. The van der Waals surface area contributed by atoms with Crippen molar-refractivity contribution in [2.45, 2.75) is 25.2 Å². The Labute approximate surface area is 180 Å². The maximum absolute atomic E-state index is 14.9. The number of aliphatic imine (C=N–C) groups is 1. The summed E-state index contributed by atoms with van der Waals surface area (Å²) in [6, 6.07) is 6.65. The second-order valence-corrected chi connectivity index (χ2v) is 8.25. The predicted molar refractivity (Wildman–Crippen MR) is 110 cm³/mol. The van der Waals surface area contributed by atoms with Crippen molar-refractivity contribution in [1.29, 1.82) is 0 Å². The predicted octanol–water partition coefficient (Wildman–Crippen LogP) is 3.37. The van der Waals surface area contributed by atoms with Gasteiger partial charge in [0.05, 0.1) is 18.9 Å². The molecule has 2 aromatic rings. The SMILES string of the molecule is C[C@H]1OC[C@]2(c3cc(NC(=O)c4ccc(OC(F)F)cn4)ccc3F)N=C(N)SC[C@H]12. The van der Waals surface area contributed by atoms with Crippen LogP contribution in [0.2, 0.25) is 0 Å². The van der Waals surface area contributed by atoms with Gasteiger partial charge >= 0.3 is 6.61 Å². The van der Waals surface area contributed by atoms with Gasteiger partial charge in [-0.1, -0.05) is 11.8 Å². The Hall–Kier alpha value is -2.79. The lowest BCUT2D eigenvalue weighted by atomic mass is 9.79. The highest BCUT2D eigenvalue weighted by Gasteiger charge is 2.52. The molecular formula is C20H19F3N4O3S. The van der Waals surface area contributed by atoms with Crippen LogP contribution in [0.1, 0.15) is 23.0 Å². The van der Waals surface area contributed by atoms with E-state index in [4.69, 9.17) is 10.5 Å². The summed E-state index contributed by atoms with van der Waals surface area (Å²) in [6.07, 6.45) is 0.898. The zero-order valence-corrected chi connectivity index (χ0v) is 17.2. The second-order valence-electron chi connectivity index (χ2n) is 7.21. The maximum Gasteiger partial charge on any atom is 0.387 e. The Kier molecular flexibility index (Phi) is 5.80. The molecule has 3 N–H and O–H groups in total. The quantitative estimate of drug-likeness (QED) is 0.722. The number of carbonyl (C=O) groups is 1. The van der Waals surface area contributed by atoms with Gasteiger partial charge in [0.15, 0.2) is 5.17 Å². The summed E-state index contributed by atoms with van der Waals surface area (Å²) in [4.78, 5) is 20.9. The summed E-state index contributed by atoms with van der Waals surface area (Å²) >= 11 is 1.40. The Bertz CT molecular complexity index is 1020. The van der Waals surface area contributed by atoms with Gasteiger partial charge in [-0.3, -0.25) is 4.79 Å². The number of nitrogens with two attached hydrogens (primary N) is 1. The van der Waals surface area contributed by atoms with E-state index in [0.717, 1.165) is 6.20 Å². The van der Waals surface area contributed by atoms with Crippen LogP contribution < -0.4 is 15.8 Å². The molecule has 2 aliphatic rings. The van der Waals surface area contributed by atoms with Crippen molar-refractivity contribution in [2.75, 3.05) is 17.7 Å². The first-order valence-corrected chi connectivity index (χ1v) is 10.4. The number of nitrogens with one attached hydrogen (secondary N) is 1. The molecule has 0 saturated carbocycles. The molecule has 0 bridgehead atoms. The molecule has 164 valence electrons. The van der Waals surface area contributed by atoms with Crippen LogP contribution in [0.15, 0.2) is 41.5 Å². The zero-order chi connectivity index (χ0) is 22.2. The Balaban J connectivity index is 1.60. The number of hydrogen-bond acceptors (Lipinski definition) is 7. The monoisotopic (exact) mass is 452 g/mol. The number of anilines is 1. The zero-order valence-electron chi connectivity index (χ0n) is 16.3. The molecule has 7 nitrogen and oxygen atoms in total. The van der Waals surface area contributed by atoms with Crippen LogP contribution in [0.5, 0.6) is 5.75 Å². The highest BCUT2D eigenvalue weighted by Crippen LogP contribution is 2.48. The van der Waals surface area contributed by atoms with Gasteiger partial charge in [-0.05, 0) is 37.3 Å². The molecule has 3 atom stereocenters. The summed E-state index contributed by atoms with van der Waals surface area (Å²) in [5.74, 6) is -0.663. The van der Waals surface area contributed by atoms with Crippen LogP contribution >= 0.6 is 11.8 Å². The fourth-order valence-corrected chi connectivity index (χ4v) is 4.94. The molecule has 3 heterocycles. The number of rotatable bonds is 5. The third kappa shape index (κ3) is 4.19. The minimum Gasteiger partial charge on any atom is -0.433 e. The van der Waals surface area contributed by atoms with E-state index in [2.05, 4.69) is 20.0 Å². The number of halogens is 3. The summed E-state index contributed by atoms with van der Waals surface area (Å²) in [5.41, 5.74) is 5.58. The van der Waals surface area contributed by atoms with E-state index in [1.54, 1.807) is 0 Å². The molecule has 0 unspecified atom stereocenters. The van der Waals surface area contributed by atoms with E-state index in [9.17, 15) is 18.0 Å². The largest absolute Gasteiger partial charge is 0.433 e. The summed E-state index contributed by atoms with van der Waals surface area (Å²) in [5, 5.41) is 3.00. The topological polar surface area (TPSA) is 98.8 Å². The van der Waals surface area contributed by atoms with Crippen molar-refractivity contribution in [1.82, 2.24) is 4.98 Å². The number of amides is 1. The van der Waals surface area contributed by atoms with Gasteiger partial charge in [-0.2, -0.15) is 8.78 Å². The standard InChI is InChI=1S/C20H19F3N4O3S/c1-10-14-8-31-19(24)27-20(14,9-29-10)13-6-11(2-4-15(13)21)26-17(28)16-5-3-12(7-25-16)30-18(22)23/h2-7,10,14,18H,8-9H2,1H3,(H2,24,27)(H,26,28)/t10-,14-,20-/m1/s1. The molecule has 0 radical (unpaired) electrons. The normalized spacial score (nSPS) is 25.1. The fraction of sp³-hybridized carbons (Fsp3) is 0.350. The molecule has 1 aromatic heterocycles. The Morgan fingerprint density at radius 2 is 2.19 bits per heavy atom. The van der Waals surface area contributed by atoms with E-state index < -0.39 is 23.9 Å². The van der Waals surface area contributed by atoms with Crippen molar-refractivity contribution < 1.29 is 27.4 Å². The van der Waals surface area contributed by atoms with Gasteiger partial charge in [0.25, 0.3) is 5.91 Å². The fourth-order valence-electron chi connectivity index (χ4n) is 3.82. The lowest BCUT2D eigenvalue weighted by Crippen LogP contribution is -2.41. The minimum atomic E-state index is -2.99. The van der Waals surface area contributed by atoms with Gasteiger partial charge < -0.3 is 20.5 Å². The van der Waals surface area contributed by atoms with Crippen LogP contribution in [0.4, 0.5) is 18.9 Å². The van der Waals surface area contributed by atoms with Crippen LogP contribution in [0.25, 0.3) is 0 Å². The molecule has 1 aromatic carbocycles. The number of nitrogens with zero attached hydrogens (tertiary/aromatic N) is 2. The van der Waals surface area contributed by atoms with Gasteiger partial charge in [0.2, 0.25) is 0 Å². The van der Waals surface area contributed by atoms with Crippen LogP contribution in [-0.4, -0.2) is 41.1 Å². The van der Waals surface area contributed by atoms with Crippen molar-refractivity contribution >= 4 is 28.5 Å². The average molecular weight is 452 g/mol. The van der Waals surface area contributed by atoms with E-state index in [1.807, 2.05) is 6.92 Å². The van der Waals surface area contributed by atoms with Crippen molar-refractivity contribution in [3.05, 3.63) is 53.6 Å². The number of thioether (sulfide) groups is 1. The smallest absolute Gasteiger partial charge is 0.387 e. The number of amidine groups is 1. The molecule has 1 amide bonds. The van der Waals surface area contributed by atoms with Crippen LogP contribution in [-0.2, 0) is 10.3 Å². The molecule has 1 fully saturated rings. The Morgan fingerprint density at radius 1 is 1.39 bits per heavy atom. The van der Waals surface area contributed by atoms with Gasteiger partial charge in [0.1, 0.15) is 22.8 Å². The lowest BCUT2D eigenvalue weighted by molar-refractivity contribution is -0.0500. The molecule has 0 aliphatic carbocycles. The molecule has 1 saturated heterocycles.